The highest BCUT2D eigenvalue weighted by Gasteiger charge is 2.11. The van der Waals surface area contributed by atoms with Crippen LogP contribution in [0.1, 0.15) is 10.4 Å². The van der Waals surface area contributed by atoms with Gasteiger partial charge in [0.1, 0.15) is 11.5 Å². The van der Waals surface area contributed by atoms with Crippen molar-refractivity contribution in [2.45, 2.75) is 0 Å². The zero-order valence-electron chi connectivity index (χ0n) is 9.06. The number of carbonyl (C=O) groups excluding carboxylic acids is 1. The predicted molar refractivity (Wildman–Crippen MR) is 74.7 cm³/mol. The molecular weight excluding hydrogens is 364 g/mol. The molecule has 0 atom stereocenters. The third-order valence-electron chi connectivity index (χ3n) is 2.11. The lowest BCUT2D eigenvalue weighted by Gasteiger charge is -2.09. The number of ether oxygens (including phenoxy) is 1. The highest BCUT2D eigenvalue weighted by Crippen LogP contribution is 2.28. The van der Waals surface area contributed by atoms with Gasteiger partial charge >= 0.3 is 0 Å². The Morgan fingerprint density at radius 3 is 2.61 bits per heavy atom. The number of hydrogen-bond acceptors (Lipinski definition) is 3. The number of aromatic nitrogens is 1. The second kappa shape index (κ2) is 5.49. The van der Waals surface area contributed by atoms with Crippen LogP contribution in [0.15, 0.2) is 45.6 Å². The topological polar surface area (TPSA) is 65.2 Å². The molecule has 1 aromatic carbocycles. The Bertz CT molecular complexity index is 602. The zero-order valence-corrected chi connectivity index (χ0v) is 12.2. The lowest BCUT2D eigenvalue weighted by Crippen LogP contribution is -2.12. The monoisotopic (exact) mass is 370 g/mol. The summed E-state index contributed by atoms with van der Waals surface area (Å²) in [5.74, 6) is 0.369. The molecule has 0 saturated carbocycles. The molecule has 2 rings (SSSR count). The summed E-state index contributed by atoms with van der Waals surface area (Å²) in [5, 5.41) is 0. The van der Waals surface area contributed by atoms with Crippen molar-refractivity contribution in [1.29, 1.82) is 0 Å². The summed E-state index contributed by atoms with van der Waals surface area (Å²) in [6.07, 6.45) is 3.20. The Balaban J connectivity index is 2.37. The van der Waals surface area contributed by atoms with Crippen LogP contribution in [0.25, 0.3) is 0 Å². The van der Waals surface area contributed by atoms with Gasteiger partial charge in [0, 0.05) is 15.1 Å². The number of halogens is 2. The lowest BCUT2D eigenvalue weighted by molar-refractivity contribution is 0.0998. The maximum absolute atomic E-state index is 11.3. The summed E-state index contributed by atoms with van der Waals surface area (Å²) < 4.78 is 7.14. The second-order valence-corrected chi connectivity index (χ2v) is 5.28. The highest BCUT2D eigenvalue weighted by molar-refractivity contribution is 9.10. The molecule has 1 aromatic heterocycles. The summed E-state index contributed by atoms with van der Waals surface area (Å²) in [5.41, 5.74) is 5.61. The van der Waals surface area contributed by atoms with E-state index in [0.29, 0.717) is 17.1 Å². The van der Waals surface area contributed by atoms with Crippen molar-refractivity contribution in [2.24, 2.45) is 5.73 Å². The van der Waals surface area contributed by atoms with E-state index in [1.807, 2.05) is 0 Å². The first kappa shape index (κ1) is 13.0. The van der Waals surface area contributed by atoms with Crippen molar-refractivity contribution >= 4 is 37.8 Å². The van der Waals surface area contributed by atoms with Gasteiger partial charge < -0.3 is 10.5 Å². The van der Waals surface area contributed by atoms with Gasteiger partial charge in [0.25, 0.3) is 5.91 Å². The molecule has 92 valence electrons. The second-order valence-electron chi connectivity index (χ2n) is 3.45. The third kappa shape index (κ3) is 3.08. The lowest BCUT2D eigenvalue weighted by atomic mass is 10.2. The van der Waals surface area contributed by atoms with Crippen molar-refractivity contribution in [3.8, 4) is 11.5 Å². The number of amides is 1. The molecule has 2 N–H and O–H groups in total. The van der Waals surface area contributed by atoms with Gasteiger partial charge in [-0.1, -0.05) is 15.9 Å². The van der Waals surface area contributed by atoms with E-state index in [2.05, 4.69) is 36.8 Å². The van der Waals surface area contributed by atoms with Gasteiger partial charge in [-0.25, -0.2) is 0 Å². The molecule has 1 amide bonds. The number of carbonyl (C=O) groups is 1. The summed E-state index contributed by atoms with van der Waals surface area (Å²) in [7, 11) is 0. The van der Waals surface area contributed by atoms with Crippen LogP contribution in [0.5, 0.6) is 11.5 Å². The highest BCUT2D eigenvalue weighted by atomic mass is 79.9. The number of pyridine rings is 1. The summed E-state index contributed by atoms with van der Waals surface area (Å²) >= 11 is 6.57. The van der Waals surface area contributed by atoms with Crippen LogP contribution in [0, 0.1) is 0 Å². The van der Waals surface area contributed by atoms with Gasteiger partial charge in [-0.15, -0.1) is 0 Å². The van der Waals surface area contributed by atoms with Crippen LogP contribution in [-0.4, -0.2) is 10.9 Å². The number of nitrogens with two attached hydrogens (primary N) is 1. The van der Waals surface area contributed by atoms with Crippen LogP contribution in [-0.2, 0) is 0 Å². The Morgan fingerprint density at radius 1 is 1.17 bits per heavy atom. The predicted octanol–water partition coefficient (Wildman–Crippen LogP) is 3.50. The van der Waals surface area contributed by atoms with Crippen LogP contribution in [0.4, 0.5) is 0 Å². The molecular formula is C12H8Br2N2O2. The molecule has 0 saturated heterocycles. The number of benzene rings is 1. The minimum absolute atomic E-state index is 0.310. The molecule has 6 heteroatoms. The summed E-state index contributed by atoms with van der Waals surface area (Å²) in [4.78, 5) is 15.3. The normalized spacial score (nSPS) is 10.1. The van der Waals surface area contributed by atoms with E-state index in [9.17, 15) is 4.79 Å². The fourth-order valence-electron chi connectivity index (χ4n) is 1.36. The summed E-state index contributed by atoms with van der Waals surface area (Å²) in [6, 6.07) is 6.81. The molecule has 2 aromatic rings. The van der Waals surface area contributed by atoms with Crippen LogP contribution < -0.4 is 10.5 Å². The van der Waals surface area contributed by atoms with Crippen LogP contribution in [0.3, 0.4) is 0 Å². The number of hydrogen-bond donors (Lipinski definition) is 1. The van der Waals surface area contributed by atoms with E-state index < -0.39 is 5.91 Å². The molecule has 0 aliphatic rings. The first-order valence-electron chi connectivity index (χ1n) is 4.94. The largest absolute Gasteiger partial charge is 0.455 e. The molecule has 0 spiro atoms. The molecule has 0 bridgehead atoms. The van der Waals surface area contributed by atoms with Crippen molar-refractivity contribution in [1.82, 2.24) is 4.98 Å². The molecule has 0 aliphatic heterocycles. The number of nitrogens with zero attached hydrogens (tertiary/aromatic N) is 1. The van der Waals surface area contributed by atoms with Crippen LogP contribution in [0.2, 0.25) is 0 Å². The van der Waals surface area contributed by atoms with E-state index in [1.165, 1.54) is 0 Å². The minimum Gasteiger partial charge on any atom is -0.455 e. The Labute approximate surface area is 120 Å². The van der Waals surface area contributed by atoms with Crippen molar-refractivity contribution in [2.75, 3.05) is 0 Å². The van der Waals surface area contributed by atoms with E-state index in [1.54, 1.807) is 36.7 Å². The van der Waals surface area contributed by atoms with E-state index in [-0.39, 0.29) is 0 Å². The first-order valence-corrected chi connectivity index (χ1v) is 6.52. The van der Waals surface area contributed by atoms with E-state index >= 15 is 0 Å². The third-order valence-corrected chi connectivity index (χ3v) is 3.04. The van der Waals surface area contributed by atoms with Gasteiger partial charge in [0.05, 0.1) is 11.8 Å². The molecule has 4 nitrogen and oxygen atoms in total. The van der Waals surface area contributed by atoms with Crippen molar-refractivity contribution < 1.29 is 9.53 Å². The van der Waals surface area contributed by atoms with Crippen molar-refractivity contribution in [3.05, 3.63) is 51.2 Å². The first-order chi connectivity index (χ1) is 8.56. The van der Waals surface area contributed by atoms with Gasteiger partial charge in [-0.05, 0) is 40.2 Å². The van der Waals surface area contributed by atoms with Crippen LogP contribution >= 0.6 is 31.9 Å². The van der Waals surface area contributed by atoms with Gasteiger partial charge in [-0.2, -0.15) is 0 Å². The maximum atomic E-state index is 11.3. The minimum atomic E-state index is -0.547. The zero-order chi connectivity index (χ0) is 13.1. The maximum Gasteiger partial charge on any atom is 0.252 e. The standard InChI is InChI=1S/C12H8Br2N2O2/c13-7-1-2-11(10(4-7)12(15)17)18-9-3-8(14)5-16-6-9/h1-6H,(H2,15,17). The number of primary amides is 1. The van der Waals surface area contributed by atoms with Gasteiger partial charge in [0.2, 0.25) is 0 Å². The summed E-state index contributed by atoms with van der Waals surface area (Å²) in [6.45, 7) is 0. The Morgan fingerprint density at radius 2 is 1.94 bits per heavy atom. The molecule has 1 heterocycles. The Hall–Kier alpha value is -1.40. The van der Waals surface area contributed by atoms with E-state index in [0.717, 1.165) is 8.95 Å². The SMILES string of the molecule is NC(=O)c1cc(Br)ccc1Oc1cncc(Br)c1. The Kier molecular flexibility index (Phi) is 3.98. The molecule has 18 heavy (non-hydrogen) atoms. The smallest absolute Gasteiger partial charge is 0.252 e. The number of rotatable bonds is 3. The molecule has 0 fully saturated rings. The van der Waals surface area contributed by atoms with Gasteiger partial charge in [0.15, 0.2) is 0 Å². The van der Waals surface area contributed by atoms with Gasteiger partial charge in [-0.3, -0.25) is 9.78 Å². The van der Waals surface area contributed by atoms with Crippen molar-refractivity contribution in [3.63, 3.8) is 0 Å². The molecule has 0 unspecified atom stereocenters. The average Bonchev–Trinajstić information content (AvgIpc) is 2.31. The average molecular weight is 372 g/mol. The fraction of sp³-hybridized carbons (Fsp3) is 0. The molecule has 0 aliphatic carbocycles. The molecule has 0 radical (unpaired) electrons. The quantitative estimate of drug-likeness (QED) is 0.897. The van der Waals surface area contributed by atoms with E-state index in [4.69, 9.17) is 10.5 Å². The fourth-order valence-corrected chi connectivity index (χ4v) is 2.06.